The molecule has 0 spiro atoms. The maximum Gasteiger partial charge on any atom is 0.191 e. The van der Waals surface area contributed by atoms with Crippen molar-refractivity contribution in [3.63, 3.8) is 0 Å². The third-order valence-corrected chi connectivity index (χ3v) is 9.11. The molecule has 0 heterocycles. The maximum atomic E-state index is 6.22. The van der Waals surface area contributed by atoms with E-state index in [2.05, 4.69) is 40.4 Å². The van der Waals surface area contributed by atoms with Crippen LogP contribution in [0.2, 0.25) is 18.1 Å². The summed E-state index contributed by atoms with van der Waals surface area (Å²) in [6.45, 7) is 16.4. The normalized spacial score (nSPS) is 24.8. The molecule has 0 aromatic rings. The number of allylic oxidation sites excluding steroid dienone is 1. The van der Waals surface area contributed by atoms with E-state index in [4.69, 9.17) is 4.43 Å². The first-order valence-corrected chi connectivity index (χ1v) is 9.93. The molecule has 1 nitrogen and oxygen atoms in total. The summed E-state index contributed by atoms with van der Waals surface area (Å²) in [5, 5.41) is 0.346. The van der Waals surface area contributed by atoms with Crippen LogP contribution in [-0.4, -0.2) is 14.9 Å². The third kappa shape index (κ3) is 4.59. The van der Waals surface area contributed by atoms with Gasteiger partial charge in [0.15, 0.2) is 8.32 Å². The van der Waals surface area contributed by atoms with Gasteiger partial charge in [0.05, 0.1) is 0 Å². The summed E-state index contributed by atoms with van der Waals surface area (Å²) in [7, 11) is -1.51. The summed E-state index contributed by atoms with van der Waals surface area (Å²) < 4.78 is 6.22. The van der Waals surface area contributed by atoms with Crippen molar-refractivity contribution in [2.75, 3.05) is 6.61 Å². The molecule has 0 aromatic carbocycles. The van der Waals surface area contributed by atoms with E-state index in [1.807, 2.05) is 6.08 Å². The van der Waals surface area contributed by atoms with Crippen molar-refractivity contribution in [2.24, 2.45) is 11.8 Å². The van der Waals surface area contributed by atoms with Crippen molar-refractivity contribution >= 4 is 8.32 Å². The lowest BCUT2D eigenvalue weighted by atomic mass is 10.1. The fourth-order valence-corrected chi connectivity index (χ4v) is 3.09. The summed E-state index contributed by atoms with van der Waals surface area (Å²) in [5.41, 5.74) is 0. The van der Waals surface area contributed by atoms with Crippen LogP contribution in [0.4, 0.5) is 0 Å². The molecule has 100 valence electrons. The maximum absolute atomic E-state index is 6.22. The number of rotatable bonds is 7. The van der Waals surface area contributed by atoms with Crippen LogP contribution in [0.25, 0.3) is 0 Å². The van der Waals surface area contributed by atoms with Crippen molar-refractivity contribution < 1.29 is 4.43 Å². The monoisotopic (exact) mass is 254 g/mol. The average molecular weight is 254 g/mol. The van der Waals surface area contributed by atoms with E-state index in [0.29, 0.717) is 5.04 Å². The second-order valence-electron chi connectivity index (χ2n) is 7.02. The van der Waals surface area contributed by atoms with Crippen molar-refractivity contribution in [3.05, 3.63) is 12.7 Å². The summed E-state index contributed by atoms with van der Waals surface area (Å²) >= 11 is 0. The minimum Gasteiger partial charge on any atom is -0.417 e. The molecule has 1 fully saturated rings. The SMILES string of the molecule is C=CCC[C@H]1C[C@@H]1CCO[Si](C)(C)C(C)(C)C. The van der Waals surface area contributed by atoms with Gasteiger partial charge in [-0.25, -0.2) is 0 Å². The molecule has 0 saturated heterocycles. The summed E-state index contributed by atoms with van der Waals surface area (Å²) in [4.78, 5) is 0. The summed E-state index contributed by atoms with van der Waals surface area (Å²) in [5.74, 6) is 1.91. The molecule has 2 atom stereocenters. The van der Waals surface area contributed by atoms with Gasteiger partial charge in [-0.3, -0.25) is 0 Å². The van der Waals surface area contributed by atoms with Crippen LogP contribution in [0.1, 0.15) is 46.5 Å². The average Bonchev–Trinajstić information content (AvgIpc) is 2.91. The van der Waals surface area contributed by atoms with Gasteiger partial charge < -0.3 is 4.43 Å². The van der Waals surface area contributed by atoms with Crippen LogP contribution in [0.5, 0.6) is 0 Å². The van der Waals surface area contributed by atoms with Crippen molar-refractivity contribution in [1.29, 1.82) is 0 Å². The second-order valence-corrected chi connectivity index (χ2v) is 11.8. The first-order chi connectivity index (χ1) is 7.78. The first-order valence-electron chi connectivity index (χ1n) is 7.03. The standard InChI is InChI=1S/C15H30OSi/c1-7-8-9-13-12-14(13)10-11-16-17(5,6)15(2,3)4/h7,13-14H,1,8-12H2,2-6H3/t13-,14-/m0/s1. The molecule has 1 saturated carbocycles. The molecule has 1 aliphatic carbocycles. The minimum absolute atomic E-state index is 0.346. The Balaban J connectivity index is 2.15. The Labute approximate surface area is 109 Å². The molecule has 0 unspecified atom stereocenters. The van der Waals surface area contributed by atoms with E-state index in [9.17, 15) is 0 Å². The highest BCUT2D eigenvalue weighted by Crippen LogP contribution is 2.45. The summed E-state index contributed by atoms with van der Waals surface area (Å²) in [6, 6.07) is 0. The van der Waals surface area contributed by atoms with E-state index < -0.39 is 8.32 Å². The van der Waals surface area contributed by atoms with Crippen LogP contribution in [0, 0.1) is 11.8 Å². The number of hydrogen-bond donors (Lipinski definition) is 0. The van der Waals surface area contributed by atoms with Gasteiger partial charge >= 0.3 is 0 Å². The molecule has 0 N–H and O–H groups in total. The smallest absolute Gasteiger partial charge is 0.191 e. The van der Waals surface area contributed by atoms with Crippen molar-refractivity contribution in [2.45, 2.75) is 64.6 Å². The zero-order valence-electron chi connectivity index (χ0n) is 12.4. The molecule has 17 heavy (non-hydrogen) atoms. The fraction of sp³-hybridized carbons (Fsp3) is 0.867. The lowest BCUT2D eigenvalue weighted by molar-refractivity contribution is 0.272. The lowest BCUT2D eigenvalue weighted by Gasteiger charge is -2.36. The van der Waals surface area contributed by atoms with E-state index in [1.165, 1.54) is 25.7 Å². The zero-order valence-corrected chi connectivity index (χ0v) is 13.4. The van der Waals surface area contributed by atoms with Gasteiger partial charge in [-0.05, 0) is 55.7 Å². The Bertz CT molecular complexity index is 252. The number of hydrogen-bond acceptors (Lipinski definition) is 1. The molecule has 0 aromatic heterocycles. The quantitative estimate of drug-likeness (QED) is 0.459. The Morgan fingerprint density at radius 3 is 2.35 bits per heavy atom. The van der Waals surface area contributed by atoms with Gasteiger partial charge in [-0.1, -0.05) is 26.8 Å². The zero-order chi connectivity index (χ0) is 13.1. The first kappa shape index (κ1) is 15.0. The Morgan fingerprint density at radius 2 is 1.82 bits per heavy atom. The second kappa shape index (κ2) is 5.70. The predicted octanol–water partition coefficient (Wildman–Crippen LogP) is 5.00. The van der Waals surface area contributed by atoms with Gasteiger partial charge in [0.25, 0.3) is 0 Å². The van der Waals surface area contributed by atoms with E-state index in [1.54, 1.807) is 0 Å². The minimum atomic E-state index is -1.51. The molecule has 1 aliphatic rings. The Hall–Kier alpha value is -0.0831. The van der Waals surface area contributed by atoms with Gasteiger partial charge in [0, 0.05) is 6.61 Å². The molecule has 2 heteroatoms. The topological polar surface area (TPSA) is 9.23 Å². The highest BCUT2D eigenvalue weighted by molar-refractivity contribution is 6.74. The predicted molar refractivity (Wildman–Crippen MR) is 78.8 cm³/mol. The van der Waals surface area contributed by atoms with Crippen LogP contribution in [0.15, 0.2) is 12.7 Å². The van der Waals surface area contributed by atoms with E-state index in [-0.39, 0.29) is 0 Å². The van der Waals surface area contributed by atoms with Gasteiger partial charge in [0.1, 0.15) is 0 Å². The fourth-order valence-electron chi connectivity index (χ4n) is 2.03. The molecular weight excluding hydrogens is 224 g/mol. The molecule has 0 amide bonds. The van der Waals surface area contributed by atoms with E-state index in [0.717, 1.165) is 18.4 Å². The lowest BCUT2D eigenvalue weighted by Crippen LogP contribution is -2.41. The van der Waals surface area contributed by atoms with Crippen LogP contribution in [0.3, 0.4) is 0 Å². The van der Waals surface area contributed by atoms with Crippen molar-refractivity contribution in [1.82, 2.24) is 0 Å². The highest BCUT2D eigenvalue weighted by atomic mass is 28.4. The van der Waals surface area contributed by atoms with Crippen LogP contribution < -0.4 is 0 Å². The highest BCUT2D eigenvalue weighted by Gasteiger charge is 2.39. The molecule has 0 aliphatic heterocycles. The Kier molecular flexibility index (Phi) is 5.03. The molecular formula is C15H30OSi. The van der Waals surface area contributed by atoms with Crippen LogP contribution >= 0.6 is 0 Å². The van der Waals surface area contributed by atoms with E-state index >= 15 is 0 Å². The largest absolute Gasteiger partial charge is 0.417 e. The van der Waals surface area contributed by atoms with Gasteiger partial charge in [-0.15, -0.1) is 6.58 Å². The Morgan fingerprint density at radius 1 is 1.24 bits per heavy atom. The summed E-state index contributed by atoms with van der Waals surface area (Å²) in [6.07, 6.45) is 7.27. The molecule has 0 radical (unpaired) electrons. The van der Waals surface area contributed by atoms with Gasteiger partial charge in [-0.2, -0.15) is 0 Å². The van der Waals surface area contributed by atoms with Crippen molar-refractivity contribution in [3.8, 4) is 0 Å². The van der Waals surface area contributed by atoms with Gasteiger partial charge in [0.2, 0.25) is 0 Å². The third-order valence-electron chi connectivity index (χ3n) is 4.57. The van der Waals surface area contributed by atoms with Crippen LogP contribution in [-0.2, 0) is 4.43 Å². The molecule has 0 bridgehead atoms. The molecule has 1 rings (SSSR count).